The van der Waals surface area contributed by atoms with Crippen LogP contribution in [-0.4, -0.2) is 24.4 Å². The lowest BCUT2D eigenvalue weighted by atomic mass is 10.1. The summed E-state index contributed by atoms with van der Waals surface area (Å²) >= 11 is 0. The number of aldehydes is 1. The van der Waals surface area contributed by atoms with E-state index in [4.69, 9.17) is 4.42 Å². The van der Waals surface area contributed by atoms with E-state index in [1.165, 1.54) is 0 Å². The van der Waals surface area contributed by atoms with E-state index in [-0.39, 0.29) is 18.0 Å². The van der Waals surface area contributed by atoms with Crippen molar-refractivity contribution >= 4 is 35.3 Å². The van der Waals surface area contributed by atoms with Crippen molar-refractivity contribution < 1.29 is 9.21 Å². The molecule has 0 aliphatic rings. The third kappa shape index (κ3) is 4.92. The lowest BCUT2D eigenvalue weighted by Gasteiger charge is -2.23. The molecule has 0 N–H and O–H groups in total. The molecule has 0 aliphatic carbocycles. The number of hydrogen-bond acceptors (Lipinski definition) is 5. The zero-order chi connectivity index (χ0) is 18.2. The first kappa shape index (κ1) is 21.4. The molecule has 0 unspecified atom stereocenters. The average molecular weight is 375 g/mol. The maximum atomic E-state index is 11.6. The van der Waals surface area contributed by atoms with Gasteiger partial charge in [0.1, 0.15) is 11.1 Å². The number of benzene rings is 1. The van der Waals surface area contributed by atoms with Gasteiger partial charge in [0.25, 0.3) is 0 Å². The minimum atomic E-state index is -0.581. The quantitative estimate of drug-likeness (QED) is 0.504. The van der Waals surface area contributed by atoms with Crippen LogP contribution in [0.3, 0.4) is 0 Å². The lowest BCUT2D eigenvalue weighted by Crippen LogP contribution is -2.22. The maximum absolute atomic E-state index is 11.6. The van der Waals surface area contributed by atoms with Crippen molar-refractivity contribution in [1.29, 1.82) is 0 Å². The molecule has 2 aromatic heterocycles. The van der Waals surface area contributed by atoms with Crippen molar-refractivity contribution in [2.45, 2.75) is 20.8 Å². The van der Waals surface area contributed by atoms with Crippen molar-refractivity contribution in [3.05, 3.63) is 70.3 Å². The van der Waals surface area contributed by atoms with Gasteiger partial charge in [0.2, 0.25) is 0 Å². The van der Waals surface area contributed by atoms with Crippen LogP contribution in [-0.2, 0) is 0 Å². The molecular formula is C20H23ClN2O3. The van der Waals surface area contributed by atoms with Crippen LogP contribution in [0.1, 0.15) is 29.8 Å². The summed E-state index contributed by atoms with van der Waals surface area (Å²) in [4.78, 5) is 28.4. The van der Waals surface area contributed by atoms with E-state index >= 15 is 0 Å². The van der Waals surface area contributed by atoms with E-state index in [9.17, 15) is 9.59 Å². The Morgan fingerprint density at radius 1 is 1.12 bits per heavy atom. The van der Waals surface area contributed by atoms with Crippen LogP contribution in [0.4, 0.5) is 5.69 Å². The normalized spacial score (nSPS) is 9.65. The van der Waals surface area contributed by atoms with E-state index in [2.05, 4.69) is 23.7 Å². The van der Waals surface area contributed by atoms with Gasteiger partial charge in [-0.1, -0.05) is 6.07 Å². The highest BCUT2D eigenvalue weighted by molar-refractivity contribution is 5.89. The number of carbonyl (C=O) groups is 1. The molecule has 0 radical (unpaired) electrons. The fourth-order valence-electron chi connectivity index (χ4n) is 2.63. The molecule has 0 saturated heterocycles. The van der Waals surface area contributed by atoms with Crippen LogP contribution in [0.2, 0.25) is 0 Å². The number of aromatic nitrogens is 1. The predicted molar refractivity (Wildman–Crippen MR) is 108 cm³/mol. The Morgan fingerprint density at radius 3 is 2.23 bits per heavy atom. The minimum Gasteiger partial charge on any atom is -0.422 e. The summed E-state index contributed by atoms with van der Waals surface area (Å²) in [6.45, 7) is 7.87. The summed E-state index contributed by atoms with van der Waals surface area (Å²) in [6.07, 6.45) is 4.03. The van der Waals surface area contributed by atoms with Crippen molar-refractivity contribution in [3.63, 3.8) is 0 Å². The summed E-state index contributed by atoms with van der Waals surface area (Å²) < 4.78 is 5.28. The smallest absolute Gasteiger partial charge is 0.346 e. The Kier molecular flexibility index (Phi) is 8.52. The molecule has 0 amide bonds. The molecule has 138 valence electrons. The molecule has 1 aromatic carbocycles. The standard InChI is InChI=1S/C15H17NO3.C5H5N.ClH/c1-4-16(5-2)13-7-6-11-8-12(9-17)15(18)19-14(11)10(13)3;1-2-4-6-5-3-1;/h6-9H,4-5H2,1-3H3;1-5H;1H. The summed E-state index contributed by atoms with van der Waals surface area (Å²) in [5.41, 5.74) is 2.01. The predicted octanol–water partition coefficient (Wildman–Crippen LogP) is 4.26. The molecule has 5 nitrogen and oxygen atoms in total. The van der Waals surface area contributed by atoms with Gasteiger partial charge in [0.15, 0.2) is 6.29 Å². The SMILES string of the molecule is CCN(CC)c1ccc2cc(C=O)c(=O)oc2c1C.Cl.c1ccncc1. The highest BCUT2D eigenvalue weighted by Gasteiger charge is 2.12. The largest absolute Gasteiger partial charge is 0.422 e. The molecule has 0 spiro atoms. The third-order valence-electron chi connectivity index (χ3n) is 3.95. The van der Waals surface area contributed by atoms with Crippen molar-refractivity contribution in [2.75, 3.05) is 18.0 Å². The Labute approximate surface area is 159 Å². The fraction of sp³-hybridized carbons (Fsp3) is 0.250. The van der Waals surface area contributed by atoms with Crippen LogP contribution in [0.15, 0.2) is 58.0 Å². The van der Waals surface area contributed by atoms with Gasteiger partial charge in [-0.15, -0.1) is 12.4 Å². The Hall–Kier alpha value is -2.66. The maximum Gasteiger partial charge on any atom is 0.346 e. The number of fused-ring (bicyclic) bond motifs is 1. The summed E-state index contributed by atoms with van der Waals surface area (Å²) in [5, 5.41) is 0.773. The van der Waals surface area contributed by atoms with E-state index in [0.29, 0.717) is 11.9 Å². The second-order valence-corrected chi connectivity index (χ2v) is 5.43. The molecule has 0 bridgehead atoms. The Morgan fingerprint density at radius 2 is 1.77 bits per heavy atom. The highest BCUT2D eigenvalue weighted by atomic mass is 35.5. The molecule has 26 heavy (non-hydrogen) atoms. The molecule has 3 aromatic rings. The van der Waals surface area contributed by atoms with Crippen LogP contribution in [0.5, 0.6) is 0 Å². The van der Waals surface area contributed by atoms with Crippen molar-refractivity contribution in [1.82, 2.24) is 4.98 Å². The molecule has 0 saturated carbocycles. The number of pyridine rings is 1. The van der Waals surface area contributed by atoms with Crippen LogP contribution in [0, 0.1) is 6.92 Å². The molecule has 0 atom stereocenters. The summed E-state index contributed by atoms with van der Waals surface area (Å²) in [7, 11) is 0. The van der Waals surface area contributed by atoms with Crippen LogP contribution in [0.25, 0.3) is 11.0 Å². The first-order chi connectivity index (χ1) is 12.1. The van der Waals surface area contributed by atoms with Crippen molar-refractivity contribution in [2.24, 2.45) is 0 Å². The van der Waals surface area contributed by atoms with Gasteiger partial charge in [-0.25, -0.2) is 4.79 Å². The second-order valence-electron chi connectivity index (χ2n) is 5.43. The summed E-state index contributed by atoms with van der Waals surface area (Å²) in [5.74, 6) is 0. The van der Waals surface area contributed by atoms with E-state index in [0.717, 1.165) is 29.7 Å². The van der Waals surface area contributed by atoms with Gasteiger partial charge in [-0.2, -0.15) is 0 Å². The molecule has 0 aliphatic heterocycles. The zero-order valence-electron chi connectivity index (χ0n) is 15.1. The molecular weight excluding hydrogens is 352 g/mol. The molecule has 0 fully saturated rings. The first-order valence-corrected chi connectivity index (χ1v) is 8.24. The fourth-order valence-corrected chi connectivity index (χ4v) is 2.63. The Balaban J connectivity index is 0.000000410. The number of anilines is 1. The summed E-state index contributed by atoms with van der Waals surface area (Å²) in [6, 6.07) is 11.2. The average Bonchev–Trinajstić information content (AvgIpc) is 2.66. The number of nitrogens with zero attached hydrogens (tertiary/aromatic N) is 2. The van der Waals surface area contributed by atoms with Gasteiger partial charge in [0.05, 0.1) is 0 Å². The minimum absolute atomic E-state index is 0. The van der Waals surface area contributed by atoms with Crippen molar-refractivity contribution in [3.8, 4) is 0 Å². The molecule has 2 heterocycles. The number of aryl methyl sites for hydroxylation is 1. The first-order valence-electron chi connectivity index (χ1n) is 8.24. The second kappa shape index (κ2) is 10.4. The monoisotopic (exact) mass is 374 g/mol. The van der Waals surface area contributed by atoms with E-state index in [1.54, 1.807) is 18.5 Å². The Bertz CT molecular complexity index is 864. The van der Waals surface area contributed by atoms with Gasteiger partial charge in [0, 0.05) is 42.1 Å². The lowest BCUT2D eigenvalue weighted by molar-refractivity contribution is 0.112. The van der Waals surface area contributed by atoms with E-state index in [1.807, 2.05) is 37.3 Å². The van der Waals surface area contributed by atoms with E-state index < -0.39 is 5.63 Å². The van der Waals surface area contributed by atoms with Gasteiger partial charge >= 0.3 is 5.63 Å². The number of carbonyl (C=O) groups excluding carboxylic acids is 1. The third-order valence-corrected chi connectivity index (χ3v) is 3.95. The van der Waals surface area contributed by atoms with Gasteiger partial charge in [-0.05, 0) is 51.1 Å². The highest BCUT2D eigenvalue weighted by Crippen LogP contribution is 2.27. The topological polar surface area (TPSA) is 63.4 Å². The molecule has 6 heteroatoms. The van der Waals surface area contributed by atoms with Gasteiger partial charge < -0.3 is 9.32 Å². The number of rotatable bonds is 4. The number of hydrogen-bond donors (Lipinski definition) is 0. The van der Waals surface area contributed by atoms with Crippen LogP contribution >= 0.6 is 12.4 Å². The number of halogens is 1. The zero-order valence-corrected chi connectivity index (χ0v) is 16.0. The van der Waals surface area contributed by atoms with Crippen LogP contribution < -0.4 is 10.5 Å². The molecule has 3 rings (SSSR count). The van der Waals surface area contributed by atoms with Gasteiger partial charge in [-0.3, -0.25) is 9.78 Å².